The van der Waals surface area contributed by atoms with Crippen LogP contribution in [0.3, 0.4) is 0 Å². The number of rotatable bonds is 2. The van der Waals surface area contributed by atoms with E-state index >= 15 is 0 Å². The number of pyridine rings is 1. The van der Waals surface area contributed by atoms with E-state index in [1.54, 1.807) is 12.3 Å². The average Bonchev–Trinajstić information content (AvgIpc) is 2.70. The van der Waals surface area contributed by atoms with E-state index in [1.165, 1.54) is 6.20 Å². The van der Waals surface area contributed by atoms with Crippen molar-refractivity contribution in [3.8, 4) is 0 Å². The molecule has 5 nitrogen and oxygen atoms in total. The van der Waals surface area contributed by atoms with E-state index in [-0.39, 0.29) is 11.7 Å². The van der Waals surface area contributed by atoms with Crippen molar-refractivity contribution in [2.45, 2.75) is 6.17 Å². The fraction of sp³-hybridized carbons (Fsp3) is 0.333. The van der Waals surface area contributed by atoms with Gasteiger partial charge in [-0.3, -0.25) is 15.6 Å². The maximum atomic E-state index is 10.9. The lowest BCUT2D eigenvalue weighted by atomic mass is 10.1. The van der Waals surface area contributed by atoms with E-state index in [9.17, 15) is 4.79 Å². The predicted molar refractivity (Wildman–Crippen MR) is 49.9 cm³/mol. The van der Waals surface area contributed by atoms with Gasteiger partial charge in [-0.05, 0) is 6.07 Å². The second-order valence-corrected chi connectivity index (χ2v) is 3.11. The van der Waals surface area contributed by atoms with Gasteiger partial charge in [0, 0.05) is 31.0 Å². The molecule has 2 rings (SSSR count). The molecule has 0 aliphatic carbocycles. The average molecular weight is 193 g/mol. The highest BCUT2D eigenvalue weighted by Gasteiger charge is 2.20. The second kappa shape index (κ2) is 3.73. The smallest absolute Gasteiger partial charge is 0.337 e. The quantitative estimate of drug-likeness (QED) is 0.615. The first kappa shape index (κ1) is 9.11. The van der Waals surface area contributed by atoms with Gasteiger partial charge in [0.25, 0.3) is 0 Å². The molecule has 3 N–H and O–H groups in total. The molecule has 0 bridgehead atoms. The molecule has 0 atom stereocenters. The lowest BCUT2D eigenvalue weighted by Crippen LogP contribution is -2.23. The second-order valence-electron chi connectivity index (χ2n) is 3.11. The minimum atomic E-state index is -0.941. The third kappa shape index (κ3) is 1.59. The van der Waals surface area contributed by atoms with Crippen molar-refractivity contribution in [3.63, 3.8) is 0 Å². The van der Waals surface area contributed by atoms with Gasteiger partial charge >= 0.3 is 5.97 Å². The fourth-order valence-corrected chi connectivity index (χ4v) is 1.56. The molecule has 0 saturated carbocycles. The minimum absolute atomic E-state index is 0.0656. The van der Waals surface area contributed by atoms with Gasteiger partial charge in [0.15, 0.2) is 0 Å². The summed E-state index contributed by atoms with van der Waals surface area (Å²) in [7, 11) is 0. The van der Waals surface area contributed by atoms with E-state index in [0.29, 0.717) is 0 Å². The number of nitrogens with zero attached hydrogens (tertiary/aromatic N) is 1. The number of hydrogen-bond donors (Lipinski definition) is 3. The highest BCUT2D eigenvalue weighted by atomic mass is 16.4. The van der Waals surface area contributed by atoms with E-state index in [4.69, 9.17) is 5.11 Å². The van der Waals surface area contributed by atoms with Crippen molar-refractivity contribution in [2.75, 3.05) is 13.1 Å². The minimum Gasteiger partial charge on any atom is -0.478 e. The Morgan fingerprint density at radius 2 is 2.21 bits per heavy atom. The zero-order valence-corrected chi connectivity index (χ0v) is 7.53. The molecule has 14 heavy (non-hydrogen) atoms. The molecule has 1 aliphatic heterocycles. The van der Waals surface area contributed by atoms with Crippen molar-refractivity contribution in [1.82, 2.24) is 15.6 Å². The molecular formula is C9H11N3O2. The molecule has 0 spiro atoms. The lowest BCUT2D eigenvalue weighted by molar-refractivity contribution is 0.0694. The van der Waals surface area contributed by atoms with Crippen LogP contribution in [-0.4, -0.2) is 29.1 Å². The summed E-state index contributed by atoms with van der Waals surface area (Å²) in [6.45, 7) is 1.71. The maximum absolute atomic E-state index is 10.9. The molecule has 1 aromatic rings. The van der Waals surface area contributed by atoms with Crippen LogP contribution in [-0.2, 0) is 0 Å². The Morgan fingerprint density at radius 3 is 2.86 bits per heavy atom. The molecule has 5 heteroatoms. The first-order valence-corrected chi connectivity index (χ1v) is 4.43. The van der Waals surface area contributed by atoms with Crippen LogP contribution in [0, 0.1) is 0 Å². The lowest BCUT2D eigenvalue weighted by Gasteiger charge is -2.13. The van der Waals surface area contributed by atoms with E-state index in [0.717, 1.165) is 18.7 Å². The van der Waals surface area contributed by atoms with Crippen LogP contribution in [0.15, 0.2) is 18.5 Å². The Labute approximate surface area is 81.2 Å². The molecule has 0 aromatic carbocycles. The SMILES string of the molecule is O=C(O)c1cnccc1C1NCCN1. The molecule has 1 aliphatic rings. The van der Waals surface area contributed by atoms with Gasteiger partial charge in [-0.15, -0.1) is 0 Å². The zero-order valence-electron chi connectivity index (χ0n) is 7.53. The number of carbonyl (C=O) groups is 1. The van der Waals surface area contributed by atoms with Crippen LogP contribution in [0.4, 0.5) is 0 Å². The van der Waals surface area contributed by atoms with Crippen molar-refractivity contribution < 1.29 is 9.90 Å². The van der Waals surface area contributed by atoms with Crippen LogP contribution < -0.4 is 10.6 Å². The summed E-state index contributed by atoms with van der Waals surface area (Å²) >= 11 is 0. The zero-order chi connectivity index (χ0) is 9.97. The molecule has 1 aromatic heterocycles. The van der Waals surface area contributed by atoms with Gasteiger partial charge < -0.3 is 5.11 Å². The van der Waals surface area contributed by atoms with E-state index in [1.807, 2.05) is 0 Å². The Bertz CT molecular complexity index is 348. The van der Waals surface area contributed by atoms with Gasteiger partial charge in [-0.25, -0.2) is 4.79 Å². The first-order valence-electron chi connectivity index (χ1n) is 4.43. The van der Waals surface area contributed by atoms with Gasteiger partial charge in [0.2, 0.25) is 0 Å². The van der Waals surface area contributed by atoms with Crippen molar-refractivity contribution in [3.05, 3.63) is 29.6 Å². The van der Waals surface area contributed by atoms with Gasteiger partial charge in [-0.1, -0.05) is 0 Å². The summed E-state index contributed by atoms with van der Waals surface area (Å²) in [5.74, 6) is -0.941. The Morgan fingerprint density at radius 1 is 1.50 bits per heavy atom. The summed E-state index contributed by atoms with van der Waals surface area (Å²) in [5, 5.41) is 15.3. The highest BCUT2D eigenvalue weighted by Crippen LogP contribution is 2.16. The van der Waals surface area contributed by atoms with Gasteiger partial charge in [0.05, 0.1) is 11.7 Å². The fourth-order valence-electron chi connectivity index (χ4n) is 1.56. The molecule has 2 heterocycles. The number of hydrogen-bond acceptors (Lipinski definition) is 4. The first-order chi connectivity index (χ1) is 6.79. The van der Waals surface area contributed by atoms with Crippen LogP contribution in [0.5, 0.6) is 0 Å². The summed E-state index contributed by atoms with van der Waals surface area (Å²) in [5.41, 5.74) is 0.990. The molecule has 0 amide bonds. The van der Waals surface area contributed by atoms with Crippen LogP contribution in [0.2, 0.25) is 0 Å². The summed E-state index contributed by atoms with van der Waals surface area (Å²) in [4.78, 5) is 14.7. The van der Waals surface area contributed by atoms with Crippen molar-refractivity contribution in [2.24, 2.45) is 0 Å². The number of nitrogens with one attached hydrogen (secondary N) is 2. The number of carboxylic acids is 1. The van der Waals surface area contributed by atoms with Crippen LogP contribution >= 0.6 is 0 Å². The maximum Gasteiger partial charge on any atom is 0.337 e. The predicted octanol–water partition coefficient (Wildman–Crippen LogP) is -0.0288. The Balaban J connectivity index is 2.35. The number of aromatic carboxylic acids is 1. The molecule has 1 saturated heterocycles. The number of carboxylic acid groups (broad SMARTS) is 1. The Hall–Kier alpha value is -1.46. The van der Waals surface area contributed by atoms with E-state index < -0.39 is 5.97 Å². The highest BCUT2D eigenvalue weighted by molar-refractivity contribution is 5.89. The normalized spacial score (nSPS) is 17.1. The Kier molecular flexibility index (Phi) is 2.43. The molecule has 1 fully saturated rings. The monoisotopic (exact) mass is 193 g/mol. The van der Waals surface area contributed by atoms with Gasteiger partial charge in [0.1, 0.15) is 0 Å². The van der Waals surface area contributed by atoms with Crippen molar-refractivity contribution in [1.29, 1.82) is 0 Å². The summed E-state index contributed by atoms with van der Waals surface area (Å²) < 4.78 is 0. The van der Waals surface area contributed by atoms with E-state index in [2.05, 4.69) is 15.6 Å². The third-order valence-corrected chi connectivity index (χ3v) is 2.22. The van der Waals surface area contributed by atoms with Crippen LogP contribution in [0.1, 0.15) is 22.1 Å². The summed E-state index contributed by atoms with van der Waals surface area (Å²) in [6.07, 6.45) is 2.91. The molecule has 74 valence electrons. The van der Waals surface area contributed by atoms with Crippen LogP contribution in [0.25, 0.3) is 0 Å². The van der Waals surface area contributed by atoms with Crippen molar-refractivity contribution >= 4 is 5.97 Å². The largest absolute Gasteiger partial charge is 0.478 e. The number of aromatic nitrogens is 1. The molecule has 0 unspecified atom stereocenters. The third-order valence-electron chi connectivity index (χ3n) is 2.22. The molecular weight excluding hydrogens is 182 g/mol. The topological polar surface area (TPSA) is 74.2 Å². The summed E-state index contributed by atoms with van der Waals surface area (Å²) in [6, 6.07) is 1.72. The van der Waals surface area contributed by atoms with Gasteiger partial charge in [-0.2, -0.15) is 0 Å². The molecule has 0 radical (unpaired) electrons. The standard InChI is InChI=1S/C9H11N3O2/c13-9(14)7-5-10-2-1-6(7)8-11-3-4-12-8/h1-2,5,8,11-12H,3-4H2,(H,13,14).